The van der Waals surface area contributed by atoms with Crippen molar-refractivity contribution in [2.75, 3.05) is 19.6 Å². The van der Waals surface area contributed by atoms with Gasteiger partial charge in [0.15, 0.2) is 0 Å². The number of nitrogens with two attached hydrogens (primary N) is 1. The molecule has 1 rings (SSSR count). The predicted molar refractivity (Wildman–Crippen MR) is 53.2 cm³/mol. The van der Waals surface area contributed by atoms with E-state index in [0.717, 1.165) is 13.1 Å². The normalized spacial score (nSPS) is 24.8. The molecule has 1 amide bonds. The quantitative estimate of drug-likeness (QED) is 0.706. The molecule has 3 heteroatoms. The molecule has 1 aliphatic heterocycles. The van der Waals surface area contributed by atoms with Crippen molar-refractivity contribution in [2.45, 2.75) is 26.7 Å². The Kier molecular flexibility index (Phi) is 3.72. The zero-order valence-electron chi connectivity index (χ0n) is 8.62. The lowest BCUT2D eigenvalue weighted by Gasteiger charge is -2.19. The Morgan fingerprint density at radius 3 is 2.85 bits per heavy atom. The van der Waals surface area contributed by atoms with Gasteiger partial charge in [0.1, 0.15) is 0 Å². The molecular formula is C10H20N2O. The molecule has 1 heterocycles. The molecule has 2 unspecified atom stereocenters. The standard InChI is InChI=1S/C10H20N2O/c1-3-9-4-5-12(7-9)10(13)8(2)6-11/h8-9H,3-7,11H2,1-2H3. The van der Waals surface area contributed by atoms with Crippen LogP contribution in [0.2, 0.25) is 0 Å². The zero-order chi connectivity index (χ0) is 9.84. The van der Waals surface area contributed by atoms with Gasteiger partial charge in [-0.1, -0.05) is 20.3 Å². The van der Waals surface area contributed by atoms with Crippen molar-refractivity contribution >= 4 is 5.91 Å². The molecule has 2 N–H and O–H groups in total. The second-order valence-electron chi connectivity index (χ2n) is 3.98. The molecule has 0 radical (unpaired) electrons. The van der Waals surface area contributed by atoms with Crippen LogP contribution in [0.25, 0.3) is 0 Å². The summed E-state index contributed by atoms with van der Waals surface area (Å²) in [7, 11) is 0. The second-order valence-corrected chi connectivity index (χ2v) is 3.98. The van der Waals surface area contributed by atoms with Crippen LogP contribution in [-0.4, -0.2) is 30.4 Å². The van der Waals surface area contributed by atoms with Crippen LogP contribution in [0.5, 0.6) is 0 Å². The highest BCUT2D eigenvalue weighted by atomic mass is 16.2. The number of carbonyl (C=O) groups excluding carboxylic acids is 1. The fourth-order valence-electron chi connectivity index (χ4n) is 1.78. The SMILES string of the molecule is CCC1CCN(C(=O)C(C)CN)C1. The topological polar surface area (TPSA) is 46.3 Å². The maximum atomic E-state index is 11.7. The first kappa shape index (κ1) is 10.5. The van der Waals surface area contributed by atoms with Gasteiger partial charge >= 0.3 is 0 Å². The maximum absolute atomic E-state index is 11.7. The maximum Gasteiger partial charge on any atom is 0.226 e. The summed E-state index contributed by atoms with van der Waals surface area (Å²) in [5.41, 5.74) is 5.46. The van der Waals surface area contributed by atoms with Gasteiger partial charge in [-0.2, -0.15) is 0 Å². The number of hydrogen-bond acceptors (Lipinski definition) is 2. The Morgan fingerprint density at radius 2 is 2.38 bits per heavy atom. The third kappa shape index (κ3) is 2.44. The Bertz CT molecular complexity index is 182. The summed E-state index contributed by atoms with van der Waals surface area (Å²) >= 11 is 0. The zero-order valence-corrected chi connectivity index (χ0v) is 8.62. The van der Waals surface area contributed by atoms with E-state index in [1.165, 1.54) is 12.8 Å². The molecule has 0 aliphatic carbocycles. The molecule has 3 nitrogen and oxygen atoms in total. The first-order valence-corrected chi connectivity index (χ1v) is 5.17. The number of hydrogen-bond donors (Lipinski definition) is 1. The van der Waals surface area contributed by atoms with Gasteiger partial charge < -0.3 is 10.6 Å². The lowest BCUT2D eigenvalue weighted by Crippen LogP contribution is -2.36. The van der Waals surface area contributed by atoms with Crippen LogP contribution in [0, 0.1) is 11.8 Å². The summed E-state index contributed by atoms with van der Waals surface area (Å²) in [5.74, 6) is 0.947. The van der Waals surface area contributed by atoms with E-state index in [4.69, 9.17) is 5.73 Å². The third-order valence-electron chi connectivity index (χ3n) is 2.95. The third-order valence-corrected chi connectivity index (χ3v) is 2.95. The fraction of sp³-hybridized carbons (Fsp3) is 0.900. The first-order valence-electron chi connectivity index (χ1n) is 5.17. The molecule has 0 bridgehead atoms. The summed E-state index contributed by atoms with van der Waals surface area (Å²) in [4.78, 5) is 13.6. The average Bonchev–Trinajstić information content (AvgIpc) is 2.63. The summed E-state index contributed by atoms with van der Waals surface area (Å²) in [6, 6.07) is 0. The van der Waals surface area contributed by atoms with Crippen molar-refractivity contribution in [3.63, 3.8) is 0 Å². The van der Waals surface area contributed by atoms with E-state index < -0.39 is 0 Å². The van der Waals surface area contributed by atoms with Crippen LogP contribution < -0.4 is 5.73 Å². The molecule has 0 aromatic rings. The monoisotopic (exact) mass is 184 g/mol. The van der Waals surface area contributed by atoms with Gasteiger partial charge in [-0.25, -0.2) is 0 Å². The Balaban J connectivity index is 2.41. The molecule has 13 heavy (non-hydrogen) atoms. The molecule has 1 aliphatic rings. The molecule has 0 aromatic heterocycles. The number of carbonyl (C=O) groups is 1. The van der Waals surface area contributed by atoms with Gasteiger partial charge in [0.05, 0.1) is 0 Å². The summed E-state index contributed by atoms with van der Waals surface area (Å²) in [6.45, 7) is 6.43. The Hall–Kier alpha value is -0.570. The molecule has 0 spiro atoms. The minimum absolute atomic E-state index is 0.00407. The van der Waals surface area contributed by atoms with Crippen molar-refractivity contribution in [2.24, 2.45) is 17.6 Å². The van der Waals surface area contributed by atoms with Crippen LogP contribution in [0.3, 0.4) is 0 Å². The van der Waals surface area contributed by atoms with Gasteiger partial charge in [0.25, 0.3) is 0 Å². The van der Waals surface area contributed by atoms with Crippen LogP contribution in [-0.2, 0) is 4.79 Å². The largest absolute Gasteiger partial charge is 0.342 e. The van der Waals surface area contributed by atoms with Crippen molar-refractivity contribution in [3.8, 4) is 0 Å². The minimum atomic E-state index is -0.00407. The molecule has 0 aromatic carbocycles. The summed E-state index contributed by atoms with van der Waals surface area (Å²) in [5, 5.41) is 0. The van der Waals surface area contributed by atoms with E-state index in [-0.39, 0.29) is 11.8 Å². The Labute approximate surface area is 80.3 Å². The van der Waals surface area contributed by atoms with E-state index in [1.807, 2.05) is 11.8 Å². The van der Waals surface area contributed by atoms with Gasteiger partial charge in [-0.15, -0.1) is 0 Å². The number of amides is 1. The van der Waals surface area contributed by atoms with Crippen LogP contribution in [0.1, 0.15) is 26.7 Å². The van der Waals surface area contributed by atoms with E-state index in [0.29, 0.717) is 12.5 Å². The smallest absolute Gasteiger partial charge is 0.226 e. The van der Waals surface area contributed by atoms with Crippen LogP contribution in [0.15, 0.2) is 0 Å². The number of nitrogens with zero attached hydrogens (tertiary/aromatic N) is 1. The van der Waals surface area contributed by atoms with Gasteiger partial charge in [-0.3, -0.25) is 4.79 Å². The molecule has 0 saturated carbocycles. The van der Waals surface area contributed by atoms with Crippen LogP contribution in [0.4, 0.5) is 0 Å². The molecule has 1 fully saturated rings. The lowest BCUT2D eigenvalue weighted by atomic mass is 10.1. The lowest BCUT2D eigenvalue weighted by molar-refractivity contribution is -0.133. The van der Waals surface area contributed by atoms with Crippen molar-refractivity contribution in [3.05, 3.63) is 0 Å². The molecule has 1 saturated heterocycles. The average molecular weight is 184 g/mol. The van der Waals surface area contributed by atoms with Gasteiger partial charge in [-0.05, 0) is 12.3 Å². The highest BCUT2D eigenvalue weighted by molar-refractivity contribution is 5.78. The van der Waals surface area contributed by atoms with Crippen molar-refractivity contribution in [1.29, 1.82) is 0 Å². The highest BCUT2D eigenvalue weighted by Gasteiger charge is 2.27. The summed E-state index contributed by atoms with van der Waals surface area (Å²) in [6.07, 6.45) is 2.35. The molecule has 2 atom stereocenters. The van der Waals surface area contributed by atoms with E-state index in [1.54, 1.807) is 0 Å². The highest BCUT2D eigenvalue weighted by Crippen LogP contribution is 2.20. The van der Waals surface area contributed by atoms with Gasteiger partial charge in [0.2, 0.25) is 5.91 Å². The van der Waals surface area contributed by atoms with E-state index >= 15 is 0 Å². The number of likely N-dealkylation sites (tertiary alicyclic amines) is 1. The minimum Gasteiger partial charge on any atom is -0.342 e. The van der Waals surface area contributed by atoms with Crippen molar-refractivity contribution in [1.82, 2.24) is 4.90 Å². The van der Waals surface area contributed by atoms with E-state index in [9.17, 15) is 4.79 Å². The van der Waals surface area contributed by atoms with Crippen LogP contribution >= 0.6 is 0 Å². The Morgan fingerprint density at radius 1 is 1.69 bits per heavy atom. The predicted octanol–water partition coefficient (Wildman–Crippen LogP) is 0.840. The second kappa shape index (κ2) is 4.61. The molecule has 76 valence electrons. The summed E-state index contributed by atoms with van der Waals surface area (Å²) < 4.78 is 0. The fourth-order valence-corrected chi connectivity index (χ4v) is 1.78. The number of rotatable bonds is 3. The first-order chi connectivity index (χ1) is 6.19. The molecular weight excluding hydrogens is 164 g/mol. The van der Waals surface area contributed by atoms with Gasteiger partial charge in [0, 0.05) is 25.6 Å². The van der Waals surface area contributed by atoms with Crippen molar-refractivity contribution < 1.29 is 4.79 Å². The van der Waals surface area contributed by atoms with E-state index in [2.05, 4.69) is 6.92 Å².